The van der Waals surface area contributed by atoms with Gasteiger partial charge < -0.3 is 20.1 Å². The number of hydrogen-bond acceptors (Lipinski definition) is 7. The molecule has 11 heteroatoms. The fourth-order valence-corrected chi connectivity index (χ4v) is 5.17. The Labute approximate surface area is 253 Å². The molecular formula is C31H30ClN3O6S. The average molecular weight is 608 g/mol. The van der Waals surface area contributed by atoms with Crippen LogP contribution in [-0.2, 0) is 14.4 Å². The number of rotatable bonds is 11. The van der Waals surface area contributed by atoms with Crippen LogP contribution in [-0.4, -0.2) is 47.6 Å². The van der Waals surface area contributed by atoms with Crippen LogP contribution in [0.1, 0.15) is 37.8 Å². The molecule has 0 spiro atoms. The maximum absolute atomic E-state index is 12.9. The quantitative estimate of drug-likeness (QED) is 0.237. The van der Waals surface area contributed by atoms with E-state index in [0.29, 0.717) is 34.4 Å². The van der Waals surface area contributed by atoms with Gasteiger partial charge in [-0.2, -0.15) is 0 Å². The summed E-state index contributed by atoms with van der Waals surface area (Å²) in [7, 11) is 0. The second-order valence-electron chi connectivity index (χ2n) is 9.54. The van der Waals surface area contributed by atoms with Gasteiger partial charge in [-0.15, -0.1) is 0 Å². The van der Waals surface area contributed by atoms with E-state index < -0.39 is 23.6 Å². The number of anilines is 2. The number of ether oxygens (including phenoxy) is 2. The molecule has 42 heavy (non-hydrogen) atoms. The first-order valence-corrected chi connectivity index (χ1v) is 14.4. The Bertz CT molecular complexity index is 1540. The number of benzene rings is 3. The summed E-state index contributed by atoms with van der Waals surface area (Å²) in [5.41, 5.74) is 2.79. The normalized spacial score (nSPS) is 13.9. The van der Waals surface area contributed by atoms with Crippen molar-refractivity contribution in [1.29, 1.82) is 0 Å². The molecule has 0 aromatic heterocycles. The summed E-state index contributed by atoms with van der Waals surface area (Å²) >= 11 is 6.68. The van der Waals surface area contributed by atoms with Crippen LogP contribution in [0.5, 0.6) is 11.5 Å². The number of amides is 4. The maximum atomic E-state index is 12.9. The van der Waals surface area contributed by atoms with Crippen LogP contribution in [0.3, 0.4) is 0 Å². The van der Waals surface area contributed by atoms with Crippen molar-refractivity contribution in [1.82, 2.24) is 4.90 Å². The molecule has 1 saturated heterocycles. The van der Waals surface area contributed by atoms with E-state index in [9.17, 15) is 19.2 Å². The van der Waals surface area contributed by atoms with E-state index in [-0.39, 0.29) is 23.3 Å². The number of para-hydroxylation sites is 1. The molecule has 3 aromatic carbocycles. The highest BCUT2D eigenvalue weighted by molar-refractivity contribution is 8.18. The van der Waals surface area contributed by atoms with Gasteiger partial charge >= 0.3 is 0 Å². The Morgan fingerprint density at radius 1 is 0.952 bits per heavy atom. The lowest BCUT2D eigenvalue weighted by atomic mass is 10.0. The monoisotopic (exact) mass is 607 g/mol. The van der Waals surface area contributed by atoms with Crippen LogP contribution in [0, 0.1) is 0 Å². The summed E-state index contributed by atoms with van der Waals surface area (Å²) in [6.07, 6.45) is 1.54. The molecule has 0 unspecified atom stereocenters. The van der Waals surface area contributed by atoms with Crippen LogP contribution in [0.4, 0.5) is 16.2 Å². The second-order valence-corrected chi connectivity index (χ2v) is 11.0. The molecule has 1 aliphatic rings. The van der Waals surface area contributed by atoms with Gasteiger partial charge in [0.25, 0.3) is 17.1 Å². The van der Waals surface area contributed by atoms with Crippen molar-refractivity contribution >= 4 is 63.8 Å². The van der Waals surface area contributed by atoms with E-state index >= 15 is 0 Å². The molecule has 218 valence electrons. The van der Waals surface area contributed by atoms with Crippen molar-refractivity contribution in [2.75, 3.05) is 30.4 Å². The summed E-state index contributed by atoms with van der Waals surface area (Å²) in [6.45, 7) is 5.59. The fourth-order valence-electron chi connectivity index (χ4n) is 4.14. The molecular weight excluding hydrogens is 578 g/mol. The smallest absolute Gasteiger partial charge is 0.294 e. The first kappa shape index (κ1) is 30.7. The number of nitrogens with one attached hydrogen (secondary N) is 2. The highest BCUT2D eigenvalue weighted by Gasteiger charge is 2.36. The number of carbonyl (C=O) groups is 4. The minimum Gasteiger partial charge on any atom is -0.490 e. The van der Waals surface area contributed by atoms with E-state index in [1.54, 1.807) is 48.5 Å². The van der Waals surface area contributed by atoms with Gasteiger partial charge in [0.2, 0.25) is 5.91 Å². The maximum Gasteiger partial charge on any atom is 0.294 e. The molecule has 0 bridgehead atoms. The van der Waals surface area contributed by atoms with Crippen molar-refractivity contribution < 1.29 is 28.7 Å². The third-order valence-electron chi connectivity index (χ3n) is 6.06. The summed E-state index contributed by atoms with van der Waals surface area (Å²) in [6, 6.07) is 19.1. The Hall–Kier alpha value is -4.28. The zero-order valence-corrected chi connectivity index (χ0v) is 24.9. The zero-order chi connectivity index (χ0) is 30.2. The van der Waals surface area contributed by atoms with E-state index in [1.165, 1.54) is 0 Å². The van der Waals surface area contributed by atoms with Crippen molar-refractivity contribution in [3.63, 3.8) is 0 Å². The van der Waals surface area contributed by atoms with Crippen molar-refractivity contribution in [3.05, 3.63) is 87.8 Å². The molecule has 1 aliphatic heterocycles. The van der Waals surface area contributed by atoms with E-state index in [2.05, 4.69) is 24.5 Å². The molecule has 3 aromatic rings. The minimum absolute atomic E-state index is 0.162. The second kappa shape index (κ2) is 14.1. The minimum atomic E-state index is -0.581. The van der Waals surface area contributed by atoms with Gasteiger partial charge in [0.05, 0.1) is 11.5 Å². The van der Waals surface area contributed by atoms with Crippen molar-refractivity contribution in [2.45, 2.75) is 26.7 Å². The van der Waals surface area contributed by atoms with Crippen LogP contribution in [0.15, 0.2) is 71.6 Å². The van der Waals surface area contributed by atoms with Gasteiger partial charge in [-0.1, -0.05) is 55.8 Å². The predicted octanol–water partition coefficient (Wildman–Crippen LogP) is 6.55. The Morgan fingerprint density at radius 3 is 2.48 bits per heavy atom. The third-order valence-corrected chi connectivity index (χ3v) is 7.21. The molecule has 0 atom stereocenters. The lowest BCUT2D eigenvalue weighted by Gasteiger charge is -2.15. The highest BCUT2D eigenvalue weighted by Crippen LogP contribution is 2.35. The first-order chi connectivity index (χ1) is 20.1. The molecule has 0 saturated carbocycles. The standard InChI is InChI=1S/C31H30ClN3O6S/c1-4-40-26-14-20(12-13-25(26)41-18-29(37)34-24-11-6-5-10-23(24)19(2)3)15-27-30(38)35(31(39)42-27)17-28(36)33-22-9-7-8-21(32)16-22/h5-16,19H,4,17-18H2,1-3H3,(H,33,36)(H,34,37)/b27-15+. The fraction of sp³-hybridized carbons (Fsp3) is 0.226. The number of thioether (sulfide) groups is 1. The van der Waals surface area contributed by atoms with Gasteiger partial charge in [0, 0.05) is 16.4 Å². The molecule has 0 radical (unpaired) electrons. The average Bonchev–Trinajstić information content (AvgIpc) is 3.20. The molecule has 2 N–H and O–H groups in total. The Morgan fingerprint density at radius 2 is 1.74 bits per heavy atom. The SMILES string of the molecule is CCOc1cc(/C=C2/SC(=O)N(CC(=O)Nc3cccc(Cl)c3)C2=O)ccc1OCC(=O)Nc1ccccc1C(C)C. The summed E-state index contributed by atoms with van der Waals surface area (Å²) in [5, 5.41) is 5.41. The van der Waals surface area contributed by atoms with Gasteiger partial charge in [-0.3, -0.25) is 24.1 Å². The molecule has 1 heterocycles. The number of hydrogen-bond donors (Lipinski definition) is 2. The van der Waals surface area contributed by atoms with E-state index in [4.69, 9.17) is 21.1 Å². The zero-order valence-electron chi connectivity index (χ0n) is 23.3. The lowest BCUT2D eigenvalue weighted by Crippen LogP contribution is -2.36. The van der Waals surface area contributed by atoms with Crippen LogP contribution in [0.25, 0.3) is 6.08 Å². The number of halogens is 1. The number of imide groups is 1. The predicted molar refractivity (Wildman–Crippen MR) is 165 cm³/mol. The topological polar surface area (TPSA) is 114 Å². The van der Waals surface area contributed by atoms with Gasteiger partial charge in [0.15, 0.2) is 18.1 Å². The van der Waals surface area contributed by atoms with Gasteiger partial charge in [-0.05, 0) is 78.2 Å². The number of nitrogens with zero attached hydrogens (tertiary/aromatic N) is 1. The van der Waals surface area contributed by atoms with Crippen molar-refractivity contribution in [3.8, 4) is 11.5 Å². The molecule has 4 rings (SSSR count). The Balaban J connectivity index is 1.41. The molecule has 4 amide bonds. The lowest BCUT2D eigenvalue weighted by molar-refractivity contribution is -0.127. The summed E-state index contributed by atoms with van der Waals surface area (Å²) in [4.78, 5) is 51.6. The van der Waals surface area contributed by atoms with E-state index in [1.807, 2.05) is 31.2 Å². The third kappa shape index (κ3) is 7.92. The highest BCUT2D eigenvalue weighted by atomic mass is 35.5. The molecule has 9 nitrogen and oxygen atoms in total. The van der Waals surface area contributed by atoms with Crippen molar-refractivity contribution in [2.24, 2.45) is 0 Å². The van der Waals surface area contributed by atoms with Crippen LogP contribution < -0.4 is 20.1 Å². The van der Waals surface area contributed by atoms with E-state index in [0.717, 1.165) is 27.9 Å². The van der Waals surface area contributed by atoms with Crippen LogP contribution >= 0.6 is 23.4 Å². The summed E-state index contributed by atoms with van der Waals surface area (Å²) in [5.74, 6) is -0.455. The van der Waals surface area contributed by atoms with Gasteiger partial charge in [0.1, 0.15) is 6.54 Å². The van der Waals surface area contributed by atoms with Gasteiger partial charge in [-0.25, -0.2) is 0 Å². The largest absolute Gasteiger partial charge is 0.490 e. The number of carbonyl (C=O) groups excluding carboxylic acids is 4. The first-order valence-electron chi connectivity index (χ1n) is 13.2. The molecule has 1 fully saturated rings. The molecule has 0 aliphatic carbocycles. The summed E-state index contributed by atoms with van der Waals surface area (Å²) < 4.78 is 11.5. The Kier molecular flexibility index (Phi) is 10.3. The van der Waals surface area contributed by atoms with Crippen LogP contribution in [0.2, 0.25) is 5.02 Å².